The van der Waals surface area contributed by atoms with E-state index in [2.05, 4.69) is 20.9 Å². The van der Waals surface area contributed by atoms with Crippen molar-refractivity contribution in [1.82, 2.24) is 20.9 Å². The number of rotatable bonds is 11. The molecule has 0 spiro atoms. The summed E-state index contributed by atoms with van der Waals surface area (Å²) in [6.45, 7) is 9.44. The van der Waals surface area contributed by atoms with E-state index >= 15 is 0 Å². The summed E-state index contributed by atoms with van der Waals surface area (Å²) in [5.74, 6) is -1.33. The Morgan fingerprint density at radius 2 is 1.43 bits per heavy atom. The monoisotopic (exact) mass is 594 g/mol. The SMILES string of the molecule is CC(C)[C@H](NC(=O)c1ccc2ccccc2n1)C(=O)N[C@@H](Cc1ccccc1)[C@H](O)Cc1ccccc1C(=O)NC(C)(C)C. The molecule has 0 fully saturated rings. The summed E-state index contributed by atoms with van der Waals surface area (Å²) in [7, 11) is 0. The number of fused-ring (bicyclic) bond motifs is 1. The van der Waals surface area contributed by atoms with Crippen molar-refractivity contribution in [2.24, 2.45) is 5.92 Å². The number of aliphatic hydroxyl groups is 1. The predicted molar refractivity (Wildman–Crippen MR) is 173 cm³/mol. The first kappa shape index (κ1) is 32.4. The van der Waals surface area contributed by atoms with Gasteiger partial charge in [0.15, 0.2) is 0 Å². The minimum Gasteiger partial charge on any atom is -0.391 e. The van der Waals surface area contributed by atoms with Crippen LogP contribution in [0.3, 0.4) is 0 Å². The highest BCUT2D eigenvalue weighted by Crippen LogP contribution is 2.18. The van der Waals surface area contributed by atoms with Crippen LogP contribution < -0.4 is 16.0 Å². The van der Waals surface area contributed by atoms with Gasteiger partial charge in [-0.2, -0.15) is 0 Å². The molecule has 44 heavy (non-hydrogen) atoms. The van der Waals surface area contributed by atoms with Crippen LogP contribution in [0.5, 0.6) is 0 Å². The van der Waals surface area contributed by atoms with Gasteiger partial charge in [-0.15, -0.1) is 0 Å². The number of hydrogen-bond donors (Lipinski definition) is 4. The van der Waals surface area contributed by atoms with Gasteiger partial charge in [0, 0.05) is 22.9 Å². The van der Waals surface area contributed by atoms with E-state index in [0.717, 1.165) is 10.9 Å². The zero-order valence-electron chi connectivity index (χ0n) is 26.0. The third-order valence-electron chi connectivity index (χ3n) is 7.34. The largest absolute Gasteiger partial charge is 0.391 e. The van der Waals surface area contributed by atoms with Crippen LogP contribution >= 0.6 is 0 Å². The molecule has 0 aliphatic carbocycles. The maximum absolute atomic E-state index is 13.7. The van der Waals surface area contributed by atoms with Crippen molar-refractivity contribution in [2.75, 3.05) is 0 Å². The second kappa shape index (κ2) is 14.3. The molecule has 3 atom stereocenters. The van der Waals surface area contributed by atoms with Crippen molar-refractivity contribution in [3.63, 3.8) is 0 Å². The molecule has 0 aliphatic rings. The zero-order chi connectivity index (χ0) is 31.9. The second-order valence-electron chi connectivity index (χ2n) is 12.5. The fraction of sp³-hybridized carbons (Fsp3) is 0.333. The zero-order valence-corrected chi connectivity index (χ0v) is 26.0. The molecule has 230 valence electrons. The van der Waals surface area contributed by atoms with Crippen LogP contribution in [0.2, 0.25) is 0 Å². The third-order valence-corrected chi connectivity index (χ3v) is 7.34. The summed E-state index contributed by atoms with van der Waals surface area (Å²) in [6.07, 6.45) is -0.520. The van der Waals surface area contributed by atoms with E-state index < -0.39 is 35.5 Å². The molecule has 0 unspecified atom stereocenters. The Labute approximate surface area is 259 Å². The van der Waals surface area contributed by atoms with Crippen molar-refractivity contribution in [1.29, 1.82) is 0 Å². The first-order valence-corrected chi connectivity index (χ1v) is 15.0. The summed E-state index contributed by atoms with van der Waals surface area (Å²) in [4.78, 5) is 44.5. The van der Waals surface area contributed by atoms with E-state index in [4.69, 9.17) is 0 Å². The number of benzene rings is 3. The van der Waals surface area contributed by atoms with Gasteiger partial charge in [0.05, 0.1) is 17.7 Å². The van der Waals surface area contributed by atoms with Gasteiger partial charge >= 0.3 is 0 Å². The molecule has 4 N–H and O–H groups in total. The minimum atomic E-state index is -1.02. The Morgan fingerprint density at radius 3 is 2.14 bits per heavy atom. The molecule has 3 amide bonds. The summed E-state index contributed by atoms with van der Waals surface area (Å²) in [5.41, 5.74) is 2.56. The number of nitrogens with zero attached hydrogens (tertiary/aromatic N) is 1. The van der Waals surface area contributed by atoms with Gasteiger partial charge in [0.25, 0.3) is 11.8 Å². The number of aliphatic hydroxyl groups excluding tert-OH is 1. The number of carbonyl (C=O) groups excluding carboxylic acids is 3. The van der Waals surface area contributed by atoms with Gasteiger partial charge in [0.2, 0.25) is 5.91 Å². The number of amides is 3. The molecule has 1 aromatic heterocycles. The van der Waals surface area contributed by atoms with Gasteiger partial charge < -0.3 is 21.1 Å². The van der Waals surface area contributed by atoms with Crippen molar-refractivity contribution in [3.05, 3.63) is 113 Å². The average Bonchev–Trinajstić information content (AvgIpc) is 2.98. The van der Waals surface area contributed by atoms with Gasteiger partial charge in [-0.3, -0.25) is 14.4 Å². The van der Waals surface area contributed by atoms with Crippen LogP contribution in [0.1, 0.15) is 66.6 Å². The first-order chi connectivity index (χ1) is 20.9. The molecule has 0 saturated heterocycles. The number of aromatic nitrogens is 1. The van der Waals surface area contributed by atoms with Crippen LogP contribution in [0.4, 0.5) is 0 Å². The highest BCUT2D eigenvalue weighted by Gasteiger charge is 2.30. The van der Waals surface area contributed by atoms with Crippen LogP contribution in [0.25, 0.3) is 10.9 Å². The topological polar surface area (TPSA) is 120 Å². The molecule has 4 rings (SSSR count). The van der Waals surface area contributed by atoms with Crippen LogP contribution in [-0.4, -0.2) is 51.5 Å². The standard InChI is InChI=1S/C36H42N4O4/c1-23(2)32(39-34(43)29-20-19-25-15-10-12-18-28(25)37-29)35(44)38-30(21-24-13-7-6-8-14-24)31(41)22-26-16-9-11-17-27(26)33(42)40-36(3,4)5/h6-20,23,30-32,41H,21-22H2,1-5H3,(H,38,44)(H,39,43)(H,40,42)/t30-,31+,32-/m0/s1. The van der Waals surface area contributed by atoms with E-state index in [-0.39, 0.29) is 23.9 Å². The quantitative estimate of drug-likeness (QED) is 0.198. The molecule has 1 heterocycles. The molecule has 0 bridgehead atoms. The predicted octanol–water partition coefficient (Wildman–Crippen LogP) is 4.85. The molecule has 0 saturated carbocycles. The lowest BCUT2D eigenvalue weighted by Gasteiger charge is -2.29. The van der Waals surface area contributed by atoms with E-state index in [9.17, 15) is 19.5 Å². The van der Waals surface area contributed by atoms with E-state index in [1.807, 2.05) is 107 Å². The summed E-state index contributed by atoms with van der Waals surface area (Å²) < 4.78 is 0. The lowest BCUT2D eigenvalue weighted by molar-refractivity contribution is -0.125. The highest BCUT2D eigenvalue weighted by molar-refractivity contribution is 5.98. The van der Waals surface area contributed by atoms with Crippen molar-refractivity contribution in [2.45, 2.75) is 71.2 Å². The first-order valence-electron chi connectivity index (χ1n) is 15.0. The smallest absolute Gasteiger partial charge is 0.270 e. The Morgan fingerprint density at radius 1 is 0.773 bits per heavy atom. The fourth-order valence-corrected chi connectivity index (χ4v) is 5.06. The fourth-order valence-electron chi connectivity index (χ4n) is 5.06. The molecule has 8 heteroatoms. The second-order valence-corrected chi connectivity index (χ2v) is 12.5. The van der Waals surface area contributed by atoms with Crippen LogP contribution in [0.15, 0.2) is 91.0 Å². The van der Waals surface area contributed by atoms with Crippen LogP contribution in [0, 0.1) is 5.92 Å². The number of nitrogens with one attached hydrogen (secondary N) is 3. The summed E-state index contributed by atoms with van der Waals surface area (Å²) in [5, 5.41) is 21.3. The van der Waals surface area contributed by atoms with Crippen LogP contribution in [-0.2, 0) is 17.6 Å². The molecular weight excluding hydrogens is 552 g/mol. The number of pyridine rings is 1. The van der Waals surface area contributed by atoms with Gasteiger partial charge in [-0.1, -0.05) is 86.6 Å². The number of hydrogen-bond acceptors (Lipinski definition) is 5. The Kier molecular flexibility index (Phi) is 10.5. The maximum atomic E-state index is 13.7. The van der Waals surface area contributed by atoms with Crippen molar-refractivity contribution in [3.8, 4) is 0 Å². The Hall–Kier alpha value is -4.56. The van der Waals surface area contributed by atoms with Gasteiger partial charge in [0.1, 0.15) is 11.7 Å². The van der Waals surface area contributed by atoms with E-state index in [1.165, 1.54) is 0 Å². The van der Waals surface area contributed by atoms with Gasteiger partial charge in [-0.25, -0.2) is 4.98 Å². The van der Waals surface area contributed by atoms with E-state index in [1.54, 1.807) is 18.2 Å². The molecule has 0 aliphatic heterocycles. The third kappa shape index (κ3) is 8.74. The Bertz CT molecular complexity index is 1600. The van der Waals surface area contributed by atoms with Crippen molar-refractivity contribution < 1.29 is 19.5 Å². The normalized spacial score (nSPS) is 13.6. The van der Waals surface area contributed by atoms with E-state index in [0.29, 0.717) is 23.1 Å². The molecule has 0 radical (unpaired) electrons. The number of carbonyl (C=O) groups is 3. The summed E-state index contributed by atoms with van der Waals surface area (Å²) >= 11 is 0. The maximum Gasteiger partial charge on any atom is 0.270 e. The Balaban J connectivity index is 1.54. The highest BCUT2D eigenvalue weighted by atomic mass is 16.3. The minimum absolute atomic E-state index is 0.144. The molecule has 4 aromatic rings. The van der Waals surface area contributed by atoms with Gasteiger partial charge in [-0.05, 0) is 62.4 Å². The molecule has 8 nitrogen and oxygen atoms in total. The van der Waals surface area contributed by atoms with Crippen molar-refractivity contribution >= 4 is 28.6 Å². The average molecular weight is 595 g/mol. The lowest BCUT2D eigenvalue weighted by Crippen LogP contribution is -2.55. The molecular formula is C36H42N4O4. The number of para-hydroxylation sites is 1. The molecule has 3 aromatic carbocycles. The summed E-state index contributed by atoms with van der Waals surface area (Å²) in [6, 6.07) is 26.2. The lowest BCUT2D eigenvalue weighted by atomic mass is 9.92.